The predicted octanol–water partition coefficient (Wildman–Crippen LogP) is 5.76. The molecule has 0 radical (unpaired) electrons. The van der Waals surface area contributed by atoms with Gasteiger partial charge < -0.3 is 15.7 Å². The number of aliphatic carboxylic acids is 1. The summed E-state index contributed by atoms with van der Waals surface area (Å²) in [4.78, 5) is 41.2. The Balaban J connectivity index is 1.45. The zero-order valence-electron chi connectivity index (χ0n) is 18.7. The van der Waals surface area contributed by atoms with Crippen LogP contribution in [0.15, 0.2) is 46.8 Å². The van der Waals surface area contributed by atoms with Gasteiger partial charge in [-0.3, -0.25) is 14.6 Å². The van der Waals surface area contributed by atoms with Crippen molar-refractivity contribution in [3.05, 3.63) is 68.0 Å². The van der Waals surface area contributed by atoms with Gasteiger partial charge in [-0.25, -0.2) is 4.79 Å². The van der Waals surface area contributed by atoms with Gasteiger partial charge in [-0.05, 0) is 46.5 Å². The van der Waals surface area contributed by atoms with E-state index in [4.69, 9.17) is 23.2 Å². The molecule has 1 atom stereocenters. The fourth-order valence-corrected chi connectivity index (χ4v) is 6.16. The van der Waals surface area contributed by atoms with Gasteiger partial charge in [0.05, 0.1) is 25.5 Å². The summed E-state index contributed by atoms with van der Waals surface area (Å²) in [7, 11) is 0. The molecule has 1 spiro atoms. The van der Waals surface area contributed by atoms with E-state index in [0.717, 1.165) is 44.1 Å². The van der Waals surface area contributed by atoms with E-state index in [1.54, 1.807) is 24.3 Å². The van der Waals surface area contributed by atoms with Gasteiger partial charge in [0.15, 0.2) is 5.78 Å². The molecule has 0 aliphatic heterocycles. The van der Waals surface area contributed by atoms with Crippen LogP contribution in [-0.4, -0.2) is 33.8 Å². The highest BCUT2D eigenvalue weighted by Gasteiger charge is 2.53. The maximum atomic E-state index is 12.7. The molecule has 7 nitrogen and oxygen atoms in total. The van der Waals surface area contributed by atoms with Gasteiger partial charge in [0.1, 0.15) is 6.04 Å². The highest BCUT2D eigenvalue weighted by Crippen LogP contribution is 2.52. The third-order valence-corrected chi connectivity index (χ3v) is 7.97. The third kappa shape index (κ3) is 5.25. The Bertz CT molecular complexity index is 1170. The van der Waals surface area contributed by atoms with Crippen molar-refractivity contribution in [1.82, 2.24) is 10.3 Å². The summed E-state index contributed by atoms with van der Waals surface area (Å²) < 4.78 is 0.456. The summed E-state index contributed by atoms with van der Waals surface area (Å²) in [6.45, 7) is 0. The third-order valence-electron chi connectivity index (χ3n) is 6.64. The summed E-state index contributed by atoms with van der Waals surface area (Å²) in [5.74, 6) is -1.40. The maximum Gasteiger partial charge on any atom is 0.326 e. The molecule has 1 aromatic heterocycles. The van der Waals surface area contributed by atoms with Gasteiger partial charge >= 0.3 is 5.97 Å². The number of pyridine rings is 1. The van der Waals surface area contributed by atoms with Crippen LogP contribution >= 0.6 is 39.1 Å². The number of ketones is 1. The second-order valence-corrected chi connectivity index (χ2v) is 10.5. The zero-order valence-corrected chi connectivity index (χ0v) is 21.8. The first-order valence-corrected chi connectivity index (χ1v) is 12.9. The van der Waals surface area contributed by atoms with Crippen LogP contribution in [-0.2, 0) is 16.0 Å². The van der Waals surface area contributed by atoms with Crippen LogP contribution in [0.5, 0.6) is 0 Å². The monoisotopic (exact) mass is 579 g/mol. The van der Waals surface area contributed by atoms with Gasteiger partial charge in [0.2, 0.25) is 0 Å². The molecule has 1 heterocycles. The first-order chi connectivity index (χ1) is 16.7. The second-order valence-electron chi connectivity index (χ2n) is 8.88. The number of nitrogens with one attached hydrogen (secondary N) is 2. The Kier molecular flexibility index (Phi) is 7.83. The first kappa shape index (κ1) is 25.7. The maximum absolute atomic E-state index is 12.7. The molecule has 0 bridgehead atoms. The largest absolute Gasteiger partial charge is 0.480 e. The number of rotatable bonds is 7. The average Bonchev–Trinajstić information content (AvgIpc) is 3.10. The van der Waals surface area contributed by atoms with Crippen molar-refractivity contribution in [3.8, 4) is 0 Å². The molecule has 1 aromatic carbocycles. The number of halogens is 3. The highest BCUT2D eigenvalue weighted by atomic mass is 79.9. The standard InChI is InChI=1S/C25H24BrCl2N3O4/c26-20-21(25(22(20)32)9-3-1-2-4-10-25)31-18(24(34)35)11-14-5-7-15(8-6-14)30-23(33)19-16(27)12-29-13-17(19)28/h5-8,12-13,18,31H,1-4,9-11H2,(H,30,33)(H,34,35)/t18-/m0/s1. The summed E-state index contributed by atoms with van der Waals surface area (Å²) in [6.07, 6.45) is 8.47. The molecular weight excluding hydrogens is 557 g/mol. The molecule has 10 heteroatoms. The number of carbonyl (C=O) groups excluding carboxylic acids is 2. The van der Waals surface area contributed by atoms with E-state index in [1.165, 1.54) is 12.4 Å². The highest BCUT2D eigenvalue weighted by molar-refractivity contribution is 9.12. The Morgan fingerprint density at radius 3 is 2.23 bits per heavy atom. The number of amides is 1. The van der Waals surface area contributed by atoms with Crippen molar-refractivity contribution in [2.45, 2.75) is 51.0 Å². The predicted molar refractivity (Wildman–Crippen MR) is 138 cm³/mol. The van der Waals surface area contributed by atoms with Crippen molar-refractivity contribution < 1.29 is 19.5 Å². The lowest BCUT2D eigenvalue weighted by atomic mass is 9.66. The number of aromatic nitrogens is 1. The van der Waals surface area contributed by atoms with Crippen molar-refractivity contribution in [3.63, 3.8) is 0 Å². The Morgan fingerprint density at radius 2 is 1.66 bits per heavy atom. The Labute approximate surface area is 221 Å². The number of hydrogen-bond donors (Lipinski definition) is 3. The number of hydrogen-bond acceptors (Lipinski definition) is 5. The van der Waals surface area contributed by atoms with Crippen molar-refractivity contribution in [2.75, 3.05) is 5.32 Å². The molecule has 1 amide bonds. The van der Waals surface area contributed by atoms with Crippen molar-refractivity contribution in [1.29, 1.82) is 0 Å². The van der Waals surface area contributed by atoms with E-state index in [1.807, 2.05) is 0 Å². The molecular formula is C25H24BrCl2N3O4. The summed E-state index contributed by atoms with van der Waals surface area (Å²) in [5, 5.41) is 16.0. The minimum Gasteiger partial charge on any atom is -0.480 e. The van der Waals surface area contributed by atoms with Gasteiger partial charge in [-0.1, -0.05) is 61.0 Å². The molecule has 2 aliphatic rings. The quantitative estimate of drug-likeness (QED) is 0.384. The zero-order chi connectivity index (χ0) is 25.2. The Morgan fingerprint density at radius 1 is 1.06 bits per heavy atom. The lowest BCUT2D eigenvalue weighted by Crippen LogP contribution is -2.52. The molecule has 0 unspecified atom stereocenters. The smallest absolute Gasteiger partial charge is 0.326 e. The molecule has 2 aliphatic carbocycles. The minimum absolute atomic E-state index is 0.0699. The lowest BCUT2D eigenvalue weighted by molar-refractivity contribution is -0.140. The molecule has 0 saturated heterocycles. The van der Waals surface area contributed by atoms with E-state index in [2.05, 4.69) is 31.5 Å². The van der Waals surface area contributed by atoms with Gasteiger partial charge in [-0.15, -0.1) is 0 Å². The van der Waals surface area contributed by atoms with Crippen molar-refractivity contribution >= 4 is 62.5 Å². The number of carboxylic acid groups (broad SMARTS) is 1. The Hall–Kier alpha value is -2.42. The molecule has 1 saturated carbocycles. The summed E-state index contributed by atoms with van der Waals surface area (Å²) in [6, 6.07) is 5.97. The molecule has 184 valence electrons. The van der Waals surface area contributed by atoms with Gasteiger partial charge in [0, 0.05) is 30.2 Å². The van der Waals surface area contributed by atoms with Crippen LogP contribution in [0.4, 0.5) is 5.69 Å². The molecule has 3 N–H and O–H groups in total. The first-order valence-electron chi connectivity index (χ1n) is 11.4. The van der Waals surface area contributed by atoms with E-state index < -0.39 is 23.3 Å². The summed E-state index contributed by atoms with van der Waals surface area (Å²) in [5.41, 5.74) is 1.53. The molecule has 2 aromatic rings. The number of anilines is 1. The van der Waals surface area contributed by atoms with E-state index >= 15 is 0 Å². The van der Waals surface area contributed by atoms with Crippen LogP contribution < -0.4 is 10.6 Å². The average molecular weight is 581 g/mol. The van der Waals surface area contributed by atoms with Crippen LogP contribution in [0.3, 0.4) is 0 Å². The number of carbonyl (C=O) groups is 3. The number of nitrogens with zero attached hydrogens (tertiary/aromatic N) is 1. The van der Waals surface area contributed by atoms with Crippen molar-refractivity contribution in [2.24, 2.45) is 5.41 Å². The van der Waals surface area contributed by atoms with Crippen LogP contribution in [0.2, 0.25) is 10.0 Å². The second kappa shape index (κ2) is 10.7. The normalized spacial score (nSPS) is 18.0. The topological polar surface area (TPSA) is 108 Å². The fourth-order valence-electron chi connectivity index (χ4n) is 4.75. The minimum atomic E-state index is -1.000. The number of allylic oxidation sites excluding steroid dienone is 2. The van der Waals surface area contributed by atoms with E-state index in [0.29, 0.717) is 15.9 Å². The number of carboxylic acids is 1. The van der Waals surface area contributed by atoms with E-state index in [-0.39, 0.29) is 27.8 Å². The number of benzene rings is 1. The van der Waals surface area contributed by atoms with Crippen LogP contribution in [0, 0.1) is 5.41 Å². The molecule has 1 fully saturated rings. The van der Waals surface area contributed by atoms with Gasteiger partial charge in [-0.2, -0.15) is 0 Å². The molecule has 35 heavy (non-hydrogen) atoms. The lowest BCUT2D eigenvalue weighted by Gasteiger charge is -2.43. The fraction of sp³-hybridized carbons (Fsp3) is 0.360. The summed E-state index contributed by atoms with van der Waals surface area (Å²) >= 11 is 15.5. The SMILES string of the molecule is O=C(Nc1ccc(C[C@H](NC2=C(Br)C(=O)C23CCCCCC3)C(=O)O)cc1)c1c(Cl)cncc1Cl. The molecule has 4 rings (SSSR count). The number of Topliss-reactive ketones (excluding diaryl/α,β-unsaturated/α-hetero) is 1. The van der Waals surface area contributed by atoms with Crippen LogP contribution in [0.25, 0.3) is 0 Å². The van der Waals surface area contributed by atoms with E-state index in [9.17, 15) is 19.5 Å². The van der Waals surface area contributed by atoms with Crippen LogP contribution in [0.1, 0.15) is 54.4 Å². The van der Waals surface area contributed by atoms with Gasteiger partial charge in [0.25, 0.3) is 5.91 Å².